The van der Waals surface area contributed by atoms with Gasteiger partial charge in [0.15, 0.2) is 5.60 Å². The molecule has 2 saturated heterocycles. The number of benzene rings is 1. The lowest BCUT2D eigenvalue weighted by Gasteiger charge is -2.27. The van der Waals surface area contributed by atoms with Gasteiger partial charge in [-0.15, -0.1) is 0 Å². The number of ether oxygens (including phenoxy) is 3. The normalized spacial score (nSPS) is 26.1. The number of amides is 1. The van der Waals surface area contributed by atoms with Gasteiger partial charge in [-0.25, -0.2) is 4.79 Å². The average Bonchev–Trinajstić information content (AvgIpc) is 3.46. The molecule has 1 aliphatic carbocycles. The summed E-state index contributed by atoms with van der Waals surface area (Å²) in [5.74, 6) is 0.627. The van der Waals surface area contributed by atoms with Gasteiger partial charge in [-0.2, -0.15) is 0 Å². The van der Waals surface area contributed by atoms with Gasteiger partial charge >= 0.3 is 5.97 Å². The van der Waals surface area contributed by atoms with Crippen molar-refractivity contribution in [3.05, 3.63) is 59.4 Å². The first kappa shape index (κ1) is 19.7. The molecule has 4 aliphatic rings. The fraction of sp³-hybridized carbons (Fsp3) is 0.480. The highest BCUT2D eigenvalue weighted by Crippen LogP contribution is 2.52. The zero-order valence-electron chi connectivity index (χ0n) is 17.9. The number of carbonyl (C=O) groups excluding carboxylic acids is 2. The van der Waals surface area contributed by atoms with Crippen molar-refractivity contribution in [1.29, 1.82) is 0 Å². The first-order valence-corrected chi connectivity index (χ1v) is 11.4. The van der Waals surface area contributed by atoms with E-state index < -0.39 is 11.0 Å². The van der Waals surface area contributed by atoms with Crippen molar-refractivity contribution in [2.24, 2.45) is 0 Å². The molecule has 3 aliphatic heterocycles. The minimum Gasteiger partial charge on any atom is -0.490 e. The summed E-state index contributed by atoms with van der Waals surface area (Å²) in [4.78, 5) is 31.8. The van der Waals surface area contributed by atoms with Crippen molar-refractivity contribution in [2.45, 2.75) is 49.2 Å². The van der Waals surface area contributed by atoms with Crippen LogP contribution in [0.3, 0.4) is 0 Å². The van der Waals surface area contributed by atoms with Crippen LogP contribution in [-0.2, 0) is 25.3 Å². The fourth-order valence-corrected chi connectivity index (χ4v) is 5.39. The molecule has 1 aromatic carbocycles. The van der Waals surface area contributed by atoms with Gasteiger partial charge in [0.25, 0.3) is 0 Å². The molecule has 1 aromatic heterocycles. The van der Waals surface area contributed by atoms with E-state index in [9.17, 15) is 9.59 Å². The number of pyridine rings is 1. The summed E-state index contributed by atoms with van der Waals surface area (Å²) in [6.07, 6.45) is 7.55. The van der Waals surface area contributed by atoms with Gasteiger partial charge < -0.3 is 19.1 Å². The average molecular weight is 434 g/mol. The van der Waals surface area contributed by atoms with E-state index >= 15 is 0 Å². The van der Waals surface area contributed by atoms with E-state index in [1.165, 1.54) is 0 Å². The van der Waals surface area contributed by atoms with Crippen LogP contribution >= 0.6 is 0 Å². The standard InChI is InChI=1S/C25H26N2O5/c28-22-20-15-26-11-5-21(20)25(32-22)10-12-27(16-25)23(29)24(8-9-24)17-1-3-18(4-2-17)31-19-6-13-30-14-7-19/h1-5,11,15,19H,6-10,12-14,16H2. The number of rotatable bonds is 4. The Morgan fingerprint density at radius 2 is 1.88 bits per heavy atom. The Kier molecular flexibility index (Phi) is 4.50. The molecule has 0 bridgehead atoms. The zero-order valence-corrected chi connectivity index (χ0v) is 17.9. The molecule has 1 saturated carbocycles. The third-order valence-electron chi connectivity index (χ3n) is 7.38. The number of hydrogen-bond acceptors (Lipinski definition) is 6. The van der Waals surface area contributed by atoms with Crippen molar-refractivity contribution in [3.8, 4) is 5.75 Å². The van der Waals surface area contributed by atoms with Crippen molar-refractivity contribution in [3.63, 3.8) is 0 Å². The number of esters is 1. The minimum absolute atomic E-state index is 0.131. The van der Waals surface area contributed by atoms with Gasteiger partial charge in [-0.1, -0.05) is 12.1 Å². The van der Waals surface area contributed by atoms with Crippen LogP contribution in [0.1, 0.15) is 53.6 Å². The molecule has 32 heavy (non-hydrogen) atoms. The van der Waals surface area contributed by atoms with Crippen LogP contribution in [-0.4, -0.2) is 54.2 Å². The molecule has 0 radical (unpaired) electrons. The Labute approximate surface area is 186 Å². The molecule has 3 fully saturated rings. The van der Waals surface area contributed by atoms with Gasteiger partial charge in [-0.3, -0.25) is 9.78 Å². The molecule has 2 aromatic rings. The van der Waals surface area contributed by atoms with E-state index in [4.69, 9.17) is 14.2 Å². The Hall–Kier alpha value is -2.93. The number of fused-ring (bicyclic) bond motifs is 2. The Morgan fingerprint density at radius 3 is 2.62 bits per heavy atom. The highest BCUT2D eigenvalue weighted by Gasteiger charge is 2.57. The first-order valence-electron chi connectivity index (χ1n) is 11.4. The highest BCUT2D eigenvalue weighted by atomic mass is 16.6. The maximum atomic E-state index is 13.6. The van der Waals surface area contributed by atoms with E-state index in [0.29, 0.717) is 25.1 Å². The lowest BCUT2D eigenvalue weighted by molar-refractivity contribution is -0.134. The summed E-state index contributed by atoms with van der Waals surface area (Å²) < 4.78 is 17.3. The number of aromatic nitrogens is 1. The van der Waals surface area contributed by atoms with E-state index in [2.05, 4.69) is 4.98 Å². The number of hydrogen-bond donors (Lipinski definition) is 0. The third kappa shape index (κ3) is 3.10. The largest absolute Gasteiger partial charge is 0.490 e. The molecule has 1 atom stereocenters. The smallest absolute Gasteiger partial charge is 0.341 e. The second-order valence-corrected chi connectivity index (χ2v) is 9.32. The van der Waals surface area contributed by atoms with Crippen LogP contribution in [0.25, 0.3) is 0 Å². The molecular weight excluding hydrogens is 408 g/mol. The van der Waals surface area contributed by atoms with E-state index in [0.717, 1.165) is 55.8 Å². The predicted molar refractivity (Wildman–Crippen MR) is 114 cm³/mol. The highest BCUT2D eigenvalue weighted by molar-refractivity contribution is 5.95. The van der Waals surface area contributed by atoms with Gasteiger partial charge in [-0.05, 0) is 36.6 Å². The Morgan fingerprint density at radius 1 is 1.09 bits per heavy atom. The van der Waals surface area contributed by atoms with E-state index in [-0.39, 0.29) is 18.0 Å². The van der Waals surface area contributed by atoms with Crippen molar-refractivity contribution in [2.75, 3.05) is 26.3 Å². The monoisotopic (exact) mass is 434 g/mol. The van der Waals surface area contributed by atoms with Gasteiger partial charge in [0.2, 0.25) is 5.91 Å². The molecular formula is C25H26N2O5. The maximum absolute atomic E-state index is 13.6. The number of carbonyl (C=O) groups is 2. The zero-order chi connectivity index (χ0) is 21.8. The number of likely N-dealkylation sites (tertiary alicyclic amines) is 1. The van der Waals surface area contributed by atoms with E-state index in [1.54, 1.807) is 12.4 Å². The van der Waals surface area contributed by atoms with Gasteiger partial charge in [0.05, 0.1) is 30.7 Å². The predicted octanol–water partition coefficient (Wildman–Crippen LogP) is 2.97. The summed E-state index contributed by atoms with van der Waals surface area (Å²) >= 11 is 0. The van der Waals surface area contributed by atoms with Crippen LogP contribution in [0.2, 0.25) is 0 Å². The maximum Gasteiger partial charge on any atom is 0.341 e. The molecule has 7 heteroatoms. The summed E-state index contributed by atoms with van der Waals surface area (Å²) in [7, 11) is 0. The van der Waals surface area contributed by atoms with Crippen molar-refractivity contribution < 1.29 is 23.8 Å². The molecule has 4 heterocycles. The number of nitrogens with zero attached hydrogens (tertiary/aromatic N) is 2. The second kappa shape index (κ2) is 7.30. The SMILES string of the molecule is O=C1OC2(CCN(C(=O)C3(c4ccc(OC5CCOCC5)cc4)CC3)C2)c2ccncc21. The van der Waals surface area contributed by atoms with Gasteiger partial charge in [0, 0.05) is 43.8 Å². The van der Waals surface area contributed by atoms with Crippen LogP contribution < -0.4 is 4.74 Å². The van der Waals surface area contributed by atoms with Crippen LogP contribution in [0, 0.1) is 0 Å². The molecule has 0 N–H and O–H groups in total. The summed E-state index contributed by atoms with van der Waals surface area (Å²) in [6.45, 7) is 2.48. The molecule has 7 nitrogen and oxygen atoms in total. The summed E-state index contributed by atoms with van der Waals surface area (Å²) in [6, 6.07) is 9.86. The van der Waals surface area contributed by atoms with Crippen LogP contribution in [0.5, 0.6) is 5.75 Å². The van der Waals surface area contributed by atoms with Crippen molar-refractivity contribution >= 4 is 11.9 Å². The van der Waals surface area contributed by atoms with Crippen LogP contribution in [0.15, 0.2) is 42.7 Å². The lowest BCUT2D eigenvalue weighted by Crippen LogP contribution is -2.40. The molecule has 1 spiro atoms. The lowest BCUT2D eigenvalue weighted by atomic mass is 9.92. The molecule has 1 unspecified atom stereocenters. The van der Waals surface area contributed by atoms with E-state index in [1.807, 2.05) is 35.2 Å². The molecule has 166 valence electrons. The summed E-state index contributed by atoms with van der Waals surface area (Å²) in [5.41, 5.74) is 1.21. The Balaban J connectivity index is 1.17. The van der Waals surface area contributed by atoms with Gasteiger partial charge in [0.1, 0.15) is 11.9 Å². The van der Waals surface area contributed by atoms with Crippen LogP contribution in [0.4, 0.5) is 0 Å². The van der Waals surface area contributed by atoms with Crippen molar-refractivity contribution in [1.82, 2.24) is 9.88 Å². The second-order valence-electron chi connectivity index (χ2n) is 9.32. The Bertz CT molecular complexity index is 1060. The fourth-order valence-electron chi connectivity index (χ4n) is 5.39. The molecule has 1 amide bonds. The first-order chi connectivity index (χ1) is 15.6. The topological polar surface area (TPSA) is 78.0 Å². The summed E-state index contributed by atoms with van der Waals surface area (Å²) in [5, 5.41) is 0. The molecule has 6 rings (SSSR count). The minimum atomic E-state index is -0.734. The third-order valence-corrected chi connectivity index (χ3v) is 7.38. The quantitative estimate of drug-likeness (QED) is 0.689.